The third kappa shape index (κ3) is 3.32. The summed E-state index contributed by atoms with van der Waals surface area (Å²) in [5, 5.41) is 3.03. The molecule has 2 aliphatic rings. The Kier molecular flexibility index (Phi) is 4.39. The molecule has 0 bridgehead atoms. The van der Waals surface area contributed by atoms with Crippen LogP contribution in [0.15, 0.2) is 18.2 Å². The Labute approximate surface area is 142 Å². The first-order chi connectivity index (χ1) is 11.4. The molecule has 2 heterocycles. The molecule has 0 saturated carbocycles. The van der Waals surface area contributed by atoms with E-state index in [1.165, 1.54) is 0 Å². The fourth-order valence-corrected chi connectivity index (χ4v) is 2.86. The number of anilines is 1. The highest BCUT2D eigenvalue weighted by molar-refractivity contribution is 6.00. The molecule has 0 aliphatic carbocycles. The summed E-state index contributed by atoms with van der Waals surface area (Å²) in [4.78, 5) is 26.5. The minimum atomic E-state index is -0.323. The molecular weight excluding hydrogens is 308 g/mol. The standard InChI is InChI=1S/C18H24N2O4/c1-4-18(2,3)19-17(22)12-9-16(21)20(11-12)13-5-6-14-15(10-13)24-8-7-23-14/h5-6,10,12H,4,7-9,11H2,1-3H3,(H,19,22)/t12-/m1/s1. The van der Waals surface area contributed by atoms with Crippen molar-refractivity contribution in [2.45, 2.75) is 39.2 Å². The zero-order valence-electron chi connectivity index (χ0n) is 14.4. The molecule has 0 spiro atoms. The van der Waals surface area contributed by atoms with E-state index in [1.54, 1.807) is 4.90 Å². The van der Waals surface area contributed by atoms with E-state index in [4.69, 9.17) is 9.47 Å². The van der Waals surface area contributed by atoms with Gasteiger partial charge in [-0.2, -0.15) is 0 Å². The van der Waals surface area contributed by atoms with Crippen molar-refractivity contribution in [1.82, 2.24) is 5.32 Å². The summed E-state index contributed by atoms with van der Waals surface area (Å²) in [6, 6.07) is 5.45. The van der Waals surface area contributed by atoms with Gasteiger partial charge in [-0.05, 0) is 32.4 Å². The van der Waals surface area contributed by atoms with E-state index in [0.29, 0.717) is 31.3 Å². The van der Waals surface area contributed by atoms with Gasteiger partial charge >= 0.3 is 0 Å². The maximum atomic E-state index is 12.4. The van der Waals surface area contributed by atoms with Crippen LogP contribution in [-0.4, -0.2) is 37.1 Å². The summed E-state index contributed by atoms with van der Waals surface area (Å²) in [6.45, 7) is 7.43. The van der Waals surface area contributed by atoms with E-state index in [1.807, 2.05) is 39.0 Å². The van der Waals surface area contributed by atoms with Crippen LogP contribution in [0.1, 0.15) is 33.6 Å². The number of hydrogen-bond donors (Lipinski definition) is 1. The van der Waals surface area contributed by atoms with Gasteiger partial charge in [0.25, 0.3) is 0 Å². The van der Waals surface area contributed by atoms with Crippen molar-refractivity contribution in [2.24, 2.45) is 5.92 Å². The van der Waals surface area contributed by atoms with Crippen molar-refractivity contribution < 1.29 is 19.1 Å². The smallest absolute Gasteiger partial charge is 0.227 e. The minimum Gasteiger partial charge on any atom is -0.486 e. The van der Waals surface area contributed by atoms with Gasteiger partial charge in [0.05, 0.1) is 5.92 Å². The average molecular weight is 332 g/mol. The highest BCUT2D eigenvalue weighted by atomic mass is 16.6. The molecule has 3 rings (SSSR count). The molecular formula is C18H24N2O4. The lowest BCUT2D eigenvalue weighted by atomic mass is 9.99. The highest BCUT2D eigenvalue weighted by Gasteiger charge is 2.37. The summed E-state index contributed by atoms with van der Waals surface area (Å²) < 4.78 is 11.1. The summed E-state index contributed by atoms with van der Waals surface area (Å²) in [5.41, 5.74) is 0.485. The van der Waals surface area contributed by atoms with Crippen molar-refractivity contribution in [3.05, 3.63) is 18.2 Å². The van der Waals surface area contributed by atoms with Crippen LogP contribution in [0.25, 0.3) is 0 Å². The van der Waals surface area contributed by atoms with Gasteiger partial charge in [0.15, 0.2) is 11.5 Å². The number of amides is 2. The fourth-order valence-electron chi connectivity index (χ4n) is 2.86. The summed E-state index contributed by atoms with van der Waals surface area (Å²) in [6.07, 6.45) is 1.07. The molecule has 2 aliphatic heterocycles. The van der Waals surface area contributed by atoms with E-state index in [0.717, 1.165) is 12.1 Å². The van der Waals surface area contributed by atoms with Crippen molar-refractivity contribution in [1.29, 1.82) is 0 Å². The van der Waals surface area contributed by atoms with Crippen LogP contribution in [0.4, 0.5) is 5.69 Å². The second-order valence-corrected chi connectivity index (χ2v) is 6.96. The van der Waals surface area contributed by atoms with Gasteiger partial charge in [-0.15, -0.1) is 0 Å². The quantitative estimate of drug-likeness (QED) is 0.917. The Hall–Kier alpha value is -2.24. The molecule has 1 N–H and O–H groups in total. The molecule has 0 radical (unpaired) electrons. The predicted octanol–water partition coefficient (Wildman–Crippen LogP) is 2.12. The molecule has 0 aromatic heterocycles. The first-order valence-electron chi connectivity index (χ1n) is 8.41. The van der Waals surface area contributed by atoms with Crippen molar-refractivity contribution in [3.8, 4) is 11.5 Å². The van der Waals surface area contributed by atoms with E-state index < -0.39 is 0 Å². The zero-order valence-corrected chi connectivity index (χ0v) is 14.4. The van der Waals surface area contributed by atoms with Crippen molar-refractivity contribution >= 4 is 17.5 Å². The zero-order chi connectivity index (χ0) is 17.3. The van der Waals surface area contributed by atoms with Crippen LogP contribution in [0.2, 0.25) is 0 Å². The maximum absolute atomic E-state index is 12.4. The van der Waals surface area contributed by atoms with Crippen LogP contribution >= 0.6 is 0 Å². The number of nitrogens with one attached hydrogen (secondary N) is 1. The highest BCUT2D eigenvalue weighted by Crippen LogP contribution is 2.36. The third-order valence-electron chi connectivity index (χ3n) is 4.68. The number of fused-ring (bicyclic) bond motifs is 1. The Bertz CT molecular complexity index is 656. The lowest BCUT2D eigenvalue weighted by Crippen LogP contribution is -2.46. The van der Waals surface area contributed by atoms with E-state index in [2.05, 4.69) is 5.32 Å². The van der Waals surface area contributed by atoms with Crippen LogP contribution in [0.5, 0.6) is 11.5 Å². The number of rotatable bonds is 4. The van der Waals surface area contributed by atoms with Crippen LogP contribution in [-0.2, 0) is 9.59 Å². The average Bonchev–Trinajstić information content (AvgIpc) is 2.96. The van der Waals surface area contributed by atoms with Crippen LogP contribution in [0.3, 0.4) is 0 Å². The Morgan fingerprint density at radius 2 is 2.00 bits per heavy atom. The fraction of sp³-hybridized carbons (Fsp3) is 0.556. The molecule has 1 atom stereocenters. The van der Waals surface area contributed by atoms with Crippen LogP contribution < -0.4 is 19.7 Å². The summed E-state index contributed by atoms with van der Waals surface area (Å²) in [7, 11) is 0. The third-order valence-corrected chi connectivity index (χ3v) is 4.68. The van der Waals surface area contributed by atoms with Gasteiger partial charge in [-0.3, -0.25) is 9.59 Å². The molecule has 1 fully saturated rings. The molecule has 6 nitrogen and oxygen atoms in total. The summed E-state index contributed by atoms with van der Waals surface area (Å²) in [5.74, 6) is 0.912. The first-order valence-corrected chi connectivity index (χ1v) is 8.41. The molecule has 24 heavy (non-hydrogen) atoms. The maximum Gasteiger partial charge on any atom is 0.227 e. The van der Waals surface area contributed by atoms with E-state index in [9.17, 15) is 9.59 Å². The molecule has 2 amide bonds. The lowest BCUT2D eigenvalue weighted by Gasteiger charge is -2.26. The first kappa shape index (κ1) is 16.6. The second kappa shape index (κ2) is 6.34. The number of nitrogens with zero attached hydrogens (tertiary/aromatic N) is 1. The van der Waals surface area contributed by atoms with E-state index >= 15 is 0 Å². The Morgan fingerprint density at radius 3 is 2.71 bits per heavy atom. The number of hydrogen-bond acceptors (Lipinski definition) is 4. The largest absolute Gasteiger partial charge is 0.486 e. The topological polar surface area (TPSA) is 67.9 Å². The van der Waals surface area contributed by atoms with Gasteiger partial charge in [0.1, 0.15) is 13.2 Å². The predicted molar refractivity (Wildman–Crippen MR) is 90.4 cm³/mol. The molecule has 1 aromatic carbocycles. The molecule has 130 valence electrons. The molecule has 0 unspecified atom stereocenters. The van der Waals surface area contributed by atoms with Gasteiger partial charge in [-0.25, -0.2) is 0 Å². The van der Waals surface area contributed by atoms with Gasteiger partial charge < -0.3 is 19.7 Å². The molecule has 6 heteroatoms. The Balaban J connectivity index is 1.72. The van der Waals surface area contributed by atoms with Gasteiger partial charge in [0.2, 0.25) is 11.8 Å². The van der Waals surface area contributed by atoms with Crippen LogP contribution in [0, 0.1) is 5.92 Å². The van der Waals surface area contributed by atoms with Gasteiger partial charge in [0, 0.05) is 30.3 Å². The van der Waals surface area contributed by atoms with Crippen molar-refractivity contribution in [3.63, 3.8) is 0 Å². The SMILES string of the molecule is CCC(C)(C)NC(=O)[C@@H]1CC(=O)N(c2ccc3c(c2)OCCO3)C1. The monoisotopic (exact) mass is 332 g/mol. The van der Waals surface area contributed by atoms with Gasteiger partial charge in [-0.1, -0.05) is 6.92 Å². The number of ether oxygens (including phenoxy) is 2. The number of benzene rings is 1. The lowest BCUT2D eigenvalue weighted by molar-refractivity contribution is -0.127. The normalized spacial score (nSPS) is 20.2. The summed E-state index contributed by atoms with van der Waals surface area (Å²) >= 11 is 0. The number of carbonyl (C=O) groups is 2. The molecule has 1 saturated heterocycles. The van der Waals surface area contributed by atoms with Crippen molar-refractivity contribution in [2.75, 3.05) is 24.7 Å². The van der Waals surface area contributed by atoms with E-state index in [-0.39, 0.29) is 29.7 Å². The molecule has 1 aromatic rings. The Morgan fingerprint density at radius 1 is 1.29 bits per heavy atom. The number of carbonyl (C=O) groups excluding carboxylic acids is 2. The second-order valence-electron chi connectivity index (χ2n) is 6.96. The minimum absolute atomic E-state index is 0.0406.